The van der Waals surface area contributed by atoms with Crippen molar-refractivity contribution in [1.82, 2.24) is 9.80 Å². The van der Waals surface area contributed by atoms with Gasteiger partial charge in [-0.3, -0.25) is 0 Å². The van der Waals surface area contributed by atoms with Gasteiger partial charge < -0.3 is 9.80 Å². The van der Waals surface area contributed by atoms with Crippen LogP contribution in [0.3, 0.4) is 0 Å². The Morgan fingerprint density at radius 3 is 1.27 bits per heavy atom. The van der Waals surface area contributed by atoms with Gasteiger partial charge in [-0.2, -0.15) is 0 Å². The number of piperazine rings is 1. The predicted molar refractivity (Wildman–Crippen MR) is 141 cm³/mol. The van der Waals surface area contributed by atoms with E-state index in [1.165, 1.54) is 11.1 Å². The minimum atomic E-state index is 0.0237. The first-order valence-corrected chi connectivity index (χ1v) is 13.7. The van der Waals surface area contributed by atoms with E-state index in [1.807, 2.05) is 0 Å². The minimum absolute atomic E-state index is 0.0237. The molecule has 0 N–H and O–H groups in total. The summed E-state index contributed by atoms with van der Waals surface area (Å²) in [6, 6.07) is 16.9. The van der Waals surface area contributed by atoms with E-state index < -0.39 is 0 Å². The normalized spacial score (nSPS) is 17.4. The van der Waals surface area contributed by atoms with Crippen LogP contribution >= 0.6 is 20.4 Å². The zero-order chi connectivity index (χ0) is 24.8. The predicted octanol–water partition coefficient (Wildman–Crippen LogP) is 7.30. The van der Waals surface area contributed by atoms with E-state index in [1.54, 1.807) is 0 Å². The Morgan fingerprint density at radius 1 is 0.667 bits per heavy atom. The van der Waals surface area contributed by atoms with E-state index in [0.717, 1.165) is 36.1 Å². The summed E-state index contributed by atoms with van der Waals surface area (Å²) < 4.78 is 0. The molecule has 1 saturated heterocycles. The third-order valence-electron chi connectivity index (χ3n) is 5.57. The van der Waals surface area contributed by atoms with Gasteiger partial charge in [-0.05, 0) is 34.1 Å². The molecule has 0 radical (unpaired) electrons. The van der Waals surface area contributed by atoms with Crippen LogP contribution in [0.25, 0.3) is 0 Å². The topological polar surface area (TPSA) is 31.2 Å². The van der Waals surface area contributed by atoms with Gasteiger partial charge in [0.05, 0.1) is 11.4 Å². The summed E-state index contributed by atoms with van der Waals surface area (Å²) in [7, 11) is 13.6. The van der Waals surface area contributed by atoms with Crippen LogP contribution in [0.1, 0.15) is 52.7 Å². The maximum atomic E-state index is 5.16. The monoisotopic (exact) mass is 532 g/mol. The van der Waals surface area contributed by atoms with Crippen LogP contribution in [0.4, 0.5) is 11.4 Å². The molecule has 1 aliphatic heterocycles. The Hall–Kier alpha value is -1.55. The van der Waals surface area contributed by atoms with E-state index in [9.17, 15) is 0 Å². The van der Waals surface area contributed by atoms with Crippen LogP contribution < -0.4 is 0 Å². The fourth-order valence-corrected chi connectivity index (χ4v) is 3.76. The molecule has 0 saturated carbocycles. The van der Waals surface area contributed by atoms with Crippen LogP contribution in [-0.4, -0.2) is 48.7 Å². The van der Waals surface area contributed by atoms with Crippen molar-refractivity contribution < 1.29 is 12.7 Å². The summed E-state index contributed by atoms with van der Waals surface area (Å²) in [4.78, 5) is 14.8. The van der Waals surface area contributed by atoms with Crippen LogP contribution in [0.5, 0.6) is 0 Å². The molecule has 0 atom stereocenters. The molecule has 0 aliphatic carbocycles. The second-order valence-corrected chi connectivity index (χ2v) is 11.9. The molecule has 0 bridgehead atoms. The molecule has 1 fully saturated rings. The van der Waals surface area contributed by atoms with Gasteiger partial charge in [-0.15, -0.1) is 0 Å². The molecular weight excluding hydrogens is 498 g/mol. The van der Waals surface area contributed by atoms with Crippen molar-refractivity contribution in [3.63, 3.8) is 0 Å². The first kappa shape index (κ1) is 27.7. The molecule has 33 heavy (non-hydrogen) atoms. The van der Waals surface area contributed by atoms with Crippen molar-refractivity contribution in [2.24, 2.45) is 9.98 Å². The summed E-state index contributed by atoms with van der Waals surface area (Å²) >= 11 is 0.569. The van der Waals surface area contributed by atoms with E-state index >= 15 is 0 Å². The van der Waals surface area contributed by atoms with Crippen molar-refractivity contribution >= 4 is 43.4 Å². The number of amidine groups is 2. The van der Waals surface area contributed by atoms with Crippen molar-refractivity contribution in [3.05, 3.63) is 59.7 Å². The van der Waals surface area contributed by atoms with Crippen molar-refractivity contribution in [2.45, 2.75) is 52.4 Å². The van der Waals surface area contributed by atoms with Crippen molar-refractivity contribution in [2.75, 3.05) is 27.2 Å². The number of likely N-dealkylation sites (N-methyl/N-ethyl adjacent to an activating group) is 2. The molecule has 0 unspecified atom stereocenters. The summed E-state index contributed by atoms with van der Waals surface area (Å²) in [5.41, 5.74) is 4.56. The van der Waals surface area contributed by atoms with Crippen LogP contribution in [-0.2, 0) is 23.5 Å². The molecular formula is C26H36Cl2N4Ni. The Morgan fingerprint density at radius 2 is 0.970 bits per heavy atom. The average Bonchev–Trinajstić information content (AvgIpc) is 2.73. The second kappa shape index (κ2) is 11.7. The summed E-state index contributed by atoms with van der Waals surface area (Å²) in [5.74, 6) is 1.84. The van der Waals surface area contributed by atoms with Gasteiger partial charge in [-0.25, -0.2) is 9.98 Å². The van der Waals surface area contributed by atoms with E-state index in [2.05, 4.69) is 114 Å². The maximum absolute atomic E-state index is 5.16. The van der Waals surface area contributed by atoms with Crippen LogP contribution in [0, 0.1) is 0 Å². The molecule has 2 aromatic carbocycles. The molecule has 0 aromatic heterocycles. The SMILES string of the molecule is CN1CCN(C)C(=Nc2ccccc2C(C)(C)C)C1=Nc1ccccc1C(C)(C)C.[Cl][Ni][Cl]. The Labute approximate surface area is 214 Å². The fraction of sp³-hybridized carbons (Fsp3) is 0.462. The number of aliphatic imine (C=N–C) groups is 2. The molecule has 0 spiro atoms. The molecule has 1 heterocycles. The number of rotatable bonds is 2. The fourth-order valence-electron chi connectivity index (χ4n) is 3.76. The first-order chi connectivity index (χ1) is 15.4. The Kier molecular flexibility index (Phi) is 9.85. The number of nitrogens with zero attached hydrogens (tertiary/aromatic N) is 4. The summed E-state index contributed by atoms with van der Waals surface area (Å²) in [5, 5.41) is 0. The quantitative estimate of drug-likeness (QED) is 0.379. The number of benzene rings is 2. The standard InChI is InChI=1S/C26H36N4.2ClH.Ni/c1-25(2,3)19-13-9-11-15-21(19)27-23-24(30(8)18-17-29(23)7)28-22-16-12-10-14-20(22)26(4,5)6;;;/h9-16H,17-18H2,1-8H3;2*1H;/q;;;+2/p-2. The number of para-hydroxylation sites is 2. The van der Waals surface area contributed by atoms with E-state index in [-0.39, 0.29) is 10.8 Å². The third-order valence-corrected chi connectivity index (χ3v) is 5.57. The molecule has 184 valence electrons. The Bertz CT molecular complexity index is 911. The first-order valence-electron chi connectivity index (χ1n) is 11.0. The van der Waals surface area contributed by atoms with Crippen LogP contribution in [0.15, 0.2) is 58.5 Å². The van der Waals surface area contributed by atoms with Gasteiger partial charge in [0.15, 0.2) is 11.7 Å². The zero-order valence-electron chi connectivity index (χ0n) is 20.9. The molecule has 4 nitrogen and oxygen atoms in total. The van der Waals surface area contributed by atoms with Gasteiger partial charge in [0.25, 0.3) is 0 Å². The van der Waals surface area contributed by atoms with Gasteiger partial charge in [-0.1, -0.05) is 77.9 Å². The molecule has 1 aliphatic rings. The molecule has 7 heteroatoms. The van der Waals surface area contributed by atoms with Crippen molar-refractivity contribution in [1.29, 1.82) is 0 Å². The van der Waals surface area contributed by atoms with E-state index in [4.69, 9.17) is 30.4 Å². The molecule has 2 aromatic rings. The second-order valence-electron chi connectivity index (χ2n) is 10.3. The van der Waals surface area contributed by atoms with Crippen LogP contribution in [0.2, 0.25) is 0 Å². The number of hydrogen-bond donors (Lipinski definition) is 0. The Balaban J connectivity index is 0.00000122. The molecule has 3 rings (SSSR count). The summed E-state index contributed by atoms with van der Waals surface area (Å²) in [6.07, 6.45) is 0. The number of hydrogen-bond acceptors (Lipinski definition) is 2. The average molecular weight is 534 g/mol. The third kappa shape index (κ3) is 7.47. The van der Waals surface area contributed by atoms with Gasteiger partial charge in [0.1, 0.15) is 0 Å². The van der Waals surface area contributed by atoms with Crippen molar-refractivity contribution in [3.8, 4) is 0 Å². The zero-order valence-corrected chi connectivity index (χ0v) is 23.4. The number of halogens is 2. The van der Waals surface area contributed by atoms with Gasteiger partial charge in [0, 0.05) is 27.2 Å². The van der Waals surface area contributed by atoms with Gasteiger partial charge >= 0.3 is 33.0 Å². The van der Waals surface area contributed by atoms with E-state index in [0.29, 0.717) is 12.7 Å². The summed E-state index contributed by atoms with van der Waals surface area (Å²) in [6.45, 7) is 15.2. The van der Waals surface area contributed by atoms with Gasteiger partial charge in [0.2, 0.25) is 0 Å². The molecule has 0 amide bonds.